The Kier molecular flexibility index (Phi) is 5.23. The maximum Gasteiger partial charge on any atom is 0.222 e. The molecule has 1 atom stereocenters. The van der Waals surface area contributed by atoms with Crippen molar-refractivity contribution in [3.8, 4) is 0 Å². The highest BCUT2D eigenvalue weighted by Gasteiger charge is 2.26. The molecule has 2 heterocycles. The van der Waals surface area contributed by atoms with Gasteiger partial charge in [-0.1, -0.05) is 23.7 Å². The first kappa shape index (κ1) is 15.9. The smallest absolute Gasteiger partial charge is 0.222 e. The van der Waals surface area contributed by atoms with Crippen molar-refractivity contribution in [3.63, 3.8) is 0 Å². The summed E-state index contributed by atoms with van der Waals surface area (Å²) in [5.74, 6) is 0.755. The summed E-state index contributed by atoms with van der Waals surface area (Å²) in [5, 5.41) is 0.765. The molecule has 0 bridgehead atoms. The van der Waals surface area contributed by atoms with Crippen LogP contribution in [-0.4, -0.2) is 33.9 Å². The summed E-state index contributed by atoms with van der Waals surface area (Å²) in [6.07, 6.45) is 8.27. The number of halogens is 1. The molecular weight excluding hydrogens is 310 g/mol. The third-order valence-electron chi connectivity index (χ3n) is 4.29. The van der Waals surface area contributed by atoms with Gasteiger partial charge in [-0.3, -0.25) is 14.8 Å². The van der Waals surface area contributed by atoms with Gasteiger partial charge in [0.25, 0.3) is 0 Å². The molecule has 1 unspecified atom stereocenters. The van der Waals surface area contributed by atoms with Crippen LogP contribution in [0.1, 0.15) is 24.1 Å². The molecule has 120 valence electrons. The number of rotatable bonds is 5. The van der Waals surface area contributed by atoms with E-state index >= 15 is 0 Å². The van der Waals surface area contributed by atoms with Crippen LogP contribution in [0.25, 0.3) is 0 Å². The number of amides is 1. The van der Waals surface area contributed by atoms with Gasteiger partial charge in [0.05, 0.1) is 5.69 Å². The molecule has 5 heteroatoms. The number of benzene rings is 1. The van der Waals surface area contributed by atoms with Crippen LogP contribution < -0.4 is 0 Å². The first-order valence-corrected chi connectivity index (χ1v) is 8.35. The van der Waals surface area contributed by atoms with E-state index in [0.29, 0.717) is 18.8 Å². The Balaban J connectivity index is 1.47. The second kappa shape index (κ2) is 7.55. The van der Waals surface area contributed by atoms with Crippen molar-refractivity contribution in [3.05, 3.63) is 59.1 Å². The summed E-state index contributed by atoms with van der Waals surface area (Å²) in [4.78, 5) is 22.5. The van der Waals surface area contributed by atoms with Crippen LogP contribution >= 0.6 is 11.6 Å². The molecule has 0 N–H and O–H groups in total. The Morgan fingerprint density at radius 1 is 1.26 bits per heavy atom. The molecule has 4 nitrogen and oxygen atoms in total. The van der Waals surface area contributed by atoms with Crippen LogP contribution in [0, 0.1) is 5.92 Å². The highest BCUT2D eigenvalue weighted by atomic mass is 35.5. The van der Waals surface area contributed by atoms with Gasteiger partial charge in [0, 0.05) is 43.1 Å². The predicted octanol–water partition coefficient (Wildman–Crippen LogP) is 3.15. The van der Waals surface area contributed by atoms with Crippen molar-refractivity contribution in [2.75, 3.05) is 13.1 Å². The molecule has 0 radical (unpaired) electrons. The van der Waals surface area contributed by atoms with Crippen molar-refractivity contribution in [2.24, 2.45) is 5.92 Å². The zero-order valence-corrected chi connectivity index (χ0v) is 13.7. The third-order valence-corrected chi connectivity index (χ3v) is 4.54. The molecule has 2 aromatic rings. The van der Waals surface area contributed by atoms with E-state index < -0.39 is 0 Å². The van der Waals surface area contributed by atoms with Gasteiger partial charge in [-0.05, 0) is 42.9 Å². The van der Waals surface area contributed by atoms with Gasteiger partial charge in [0.2, 0.25) is 5.91 Å². The minimum Gasteiger partial charge on any atom is -0.342 e. The van der Waals surface area contributed by atoms with Gasteiger partial charge in [0.15, 0.2) is 0 Å². The summed E-state index contributed by atoms with van der Waals surface area (Å²) in [6, 6.07) is 7.99. The third kappa shape index (κ3) is 4.52. The van der Waals surface area contributed by atoms with Gasteiger partial charge in [-0.2, -0.15) is 0 Å². The molecule has 1 saturated heterocycles. The van der Waals surface area contributed by atoms with Crippen molar-refractivity contribution in [1.29, 1.82) is 0 Å². The summed E-state index contributed by atoms with van der Waals surface area (Å²) in [7, 11) is 0. The summed E-state index contributed by atoms with van der Waals surface area (Å²) < 4.78 is 0. The topological polar surface area (TPSA) is 46.1 Å². The molecule has 0 aliphatic carbocycles. The predicted molar refractivity (Wildman–Crippen MR) is 90.2 cm³/mol. The SMILES string of the molecule is O=C(CCc1cnccn1)N1CCC(Cc2ccc(Cl)cc2)C1. The van der Waals surface area contributed by atoms with E-state index in [4.69, 9.17) is 11.6 Å². The Bertz CT molecular complexity index is 645. The van der Waals surface area contributed by atoms with Crippen LogP contribution in [0.2, 0.25) is 5.02 Å². The Labute approximate surface area is 141 Å². The van der Waals surface area contributed by atoms with Crippen LogP contribution in [0.15, 0.2) is 42.9 Å². The number of nitrogens with zero attached hydrogens (tertiary/aromatic N) is 3. The normalized spacial score (nSPS) is 17.4. The lowest BCUT2D eigenvalue weighted by Gasteiger charge is -2.16. The van der Waals surface area contributed by atoms with E-state index in [1.807, 2.05) is 17.0 Å². The lowest BCUT2D eigenvalue weighted by molar-refractivity contribution is -0.130. The first-order valence-electron chi connectivity index (χ1n) is 7.98. The maximum atomic E-state index is 12.3. The van der Waals surface area contributed by atoms with E-state index in [9.17, 15) is 4.79 Å². The van der Waals surface area contributed by atoms with Gasteiger partial charge in [0.1, 0.15) is 0 Å². The Hall–Kier alpha value is -1.94. The lowest BCUT2D eigenvalue weighted by Crippen LogP contribution is -2.29. The monoisotopic (exact) mass is 329 g/mol. The van der Waals surface area contributed by atoms with E-state index in [1.54, 1.807) is 18.6 Å². The molecule has 1 aromatic heterocycles. The fraction of sp³-hybridized carbons (Fsp3) is 0.389. The quantitative estimate of drug-likeness (QED) is 0.846. The molecule has 1 fully saturated rings. The van der Waals surface area contributed by atoms with E-state index in [-0.39, 0.29) is 5.91 Å². The van der Waals surface area contributed by atoms with Crippen LogP contribution in [-0.2, 0) is 17.6 Å². The Morgan fingerprint density at radius 2 is 2.09 bits per heavy atom. The van der Waals surface area contributed by atoms with Gasteiger partial charge in [-0.15, -0.1) is 0 Å². The molecule has 1 aromatic carbocycles. The number of carbonyl (C=O) groups is 1. The molecular formula is C18H20ClN3O. The van der Waals surface area contributed by atoms with Crippen LogP contribution in [0.5, 0.6) is 0 Å². The Morgan fingerprint density at radius 3 is 2.83 bits per heavy atom. The lowest BCUT2D eigenvalue weighted by atomic mass is 9.99. The van der Waals surface area contributed by atoms with Gasteiger partial charge >= 0.3 is 0 Å². The summed E-state index contributed by atoms with van der Waals surface area (Å²) in [5.41, 5.74) is 2.16. The standard InChI is InChI=1S/C18H20ClN3O/c19-16-3-1-14(2-4-16)11-15-7-10-22(13-15)18(23)6-5-17-12-20-8-9-21-17/h1-4,8-9,12,15H,5-7,10-11,13H2. The minimum atomic E-state index is 0.217. The largest absolute Gasteiger partial charge is 0.342 e. The number of aryl methyl sites for hydroxylation is 1. The second-order valence-electron chi connectivity index (χ2n) is 6.02. The zero-order chi connectivity index (χ0) is 16.1. The fourth-order valence-electron chi connectivity index (χ4n) is 3.03. The molecule has 0 saturated carbocycles. The average molecular weight is 330 g/mol. The van der Waals surface area contributed by atoms with E-state index in [1.165, 1.54) is 5.56 Å². The second-order valence-corrected chi connectivity index (χ2v) is 6.46. The molecule has 1 aliphatic heterocycles. The van der Waals surface area contributed by atoms with Crippen molar-refractivity contribution in [1.82, 2.24) is 14.9 Å². The maximum absolute atomic E-state index is 12.3. The van der Waals surface area contributed by atoms with Gasteiger partial charge < -0.3 is 4.90 Å². The molecule has 3 rings (SSSR count). The molecule has 1 amide bonds. The summed E-state index contributed by atoms with van der Waals surface area (Å²) in [6.45, 7) is 1.71. The molecule has 23 heavy (non-hydrogen) atoms. The van der Waals surface area contributed by atoms with Crippen LogP contribution in [0.3, 0.4) is 0 Å². The first-order chi connectivity index (χ1) is 11.2. The highest BCUT2D eigenvalue weighted by Crippen LogP contribution is 2.22. The highest BCUT2D eigenvalue weighted by molar-refractivity contribution is 6.30. The molecule has 1 aliphatic rings. The number of aromatic nitrogens is 2. The number of hydrogen-bond donors (Lipinski definition) is 0. The van der Waals surface area contributed by atoms with Crippen molar-refractivity contribution < 1.29 is 4.79 Å². The van der Waals surface area contributed by atoms with Gasteiger partial charge in [-0.25, -0.2) is 0 Å². The molecule has 0 spiro atoms. The van der Waals surface area contributed by atoms with E-state index in [0.717, 1.165) is 36.6 Å². The number of carbonyl (C=O) groups excluding carboxylic acids is 1. The van der Waals surface area contributed by atoms with Crippen LogP contribution in [0.4, 0.5) is 0 Å². The summed E-state index contributed by atoms with van der Waals surface area (Å²) >= 11 is 5.92. The average Bonchev–Trinajstić information content (AvgIpc) is 3.04. The van der Waals surface area contributed by atoms with Crippen molar-refractivity contribution >= 4 is 17.5 Å². The number of likely N-dealkylation sites (tertiary alicyclic amines) is 1. The number of hydrogen-bond acceptors (Lipinski definition) is 3. The fourth-order valence-corrected chi connectivity index (χ4v) is 3.16. The minimum absolute atomic E-state index is 0.217. The zero-order valence-electron chi connectivity index (χ0n) is 13.0. The van der Waals surface area contributed by atoms with Crippen molar-refractivity contribution in [2.45, 2.75) is 25.7 Å². The van der Waals surface area contributed by atoms with E-state index in [2.05, 4.69) is 22.1 Å².